The third-order valence-corrected chi connectivity index (χ3v) is 3.09. The molecule has 0 saturated carbocycles. The summed E-state index contributed by atoms with van der Waals surface area (Å²) in [6.07, 6.45) is 0. The summed E-state index contributed by atoms with van der Waals surface area (Å²) >= 11 is 3.26. The summed E-state index contributed by atoms with van der Waals surface area (Å²) < 4.78 is 19.5. The number of nitrogens with one attached hydrogen (secondary N) is 1. The lowest BCUT2D eigenvalue weighted by atomic mass is 10.1. The van der Waals surface area contributed by atoms with Crippen LogP contribution in [0.1, 0.15) is 24.3 Å². The van der Waals surface area contributed by atoms with Gasteiger partial charge in [0.15, 0.2) is 4.67 Å². The van der Waals surface area contributed by atoms with Gasteiger partial charge in [0, 0.05) is 11.3 Å². The molecule has 1 aromatic carbocycles. The summed E-state index contributed by atoms with van der Waals surface area (Å²) in [5.74, 6) is 0.600. The van der Waals surface area contributed by atoms with Crippen LogP contribution in [0.25, 0.3) is 0 Å². The van der Waals surface area contributed by atoms with Gasteiger partial charge in [0.25, 0.3) is 0 Å². The molecule has 1 heterocycles. The molecule has 0 aliphatic rings. The van der Waals surface area contributed by atoms with E-state index in [1.165, 1.54) is 6.07 Å². The first-order valence-corrected chi connectivity index (χ1v) is 6.14. The van der Waals surface area contributed by atoms with Crippen molar-refractivity contribution in [3.05, 3.63) is 52.1 Å². The fraction of sp³-hybridized carbons (Fsp3) is 0.231. The summed E-state index contributed by atoms with van der Waals surface area (Å²) in [6, 6.07) is 8.71. The van der Waals surface area contributed by atoms with Crippen molar-refractivity contribution in [2.45, 2.75) is 19.9 Å². The summed E-state index contributed by atoms with van der Waals surface area (Å²) in [5, 5.41) is 3.23. The number of anilines is 1. The maximum atomic E-state index is 13.4. The number of halogens is 2. The van der Waals surface area contributed by atoms with Gasteiger partial charge in [-0.25, -0.2) is 4.39 Å². The molecule has 1 unspecified atom stereocenters. The Morgan fingerprint density at radius 2 is 2.06 bits per heavy atom. The maximum absolute atomic E-state index is 13.4. The average Bonchev–Trinajstić information content (AvgIpc) is 2.72. The highest BCUT2D eigenvalue weighted by atomic mass is 79.9. The van der Waals surface area contributed by atoms with Crippen LogP contribution in [0.4, 0.5) is 10.1 Å². The van der Waals surface area contributed by atoms with Crippen LogP contribution in [0, 0.1) is 12.7 Å². The second kappa shape index (κ2) is 4.92. The zero-order valence-corrected chi connectivity index (χ0v) is 11.2. The van der Waals surface area contributed by atoms with Gasteiger partial charge in [-0.05, 0) is 54.0 Å². The van der Waals surface area contributed by atoms with Crippen molar-refractivity contribution in [1.82, 2.24) is 0 Å². The van der Waals surface area contributed by atoms with Crippen LogP contribution in [0.5, 0.6) is 0 Å². The SMILES string of the molecule is Cc1c(F)cccc1NC(C)c1ccc(Br)o1. The summed E-state index contributed by atoms with van der Waals surface area (Å²) in [5.41, 5.74) is 1.40. The lowest BCUT2D eigenvalue weighted by Gasteiger charge is -2.15. The summed E-state index contributed by atoms with van der Waals surface area (Å²) in [6.45, 7) is 3.72. The first-order chi connectivity index (χ1) is 8.08. The molecule has 0 fully saturated rings. The van der Waals surface area contributed by atoms with Crippen LogP contribution >= 0.6 is 15.9 Å². The van der Waals surface area contributed by atoms with E-state index >= 15 is 0 Å². The molecule has 0 amide bonds. The highest BCUT2D eigenvalue weighted by Gasteiger charge is 2.11. The van der Waals surface area contributed by atoms with E-state index in [0.717, 1.165) is 11.4 Å². The first kappa shape index (κ1) is 12.2. The molecule has 2 rings (SSSR count). The van der Waals surface area contributed by atoms with Gasteiger partial charge in [-0.2, -0.15) is 0 Å². The van der Waals surface area contributed by atoms with E-state index in [9.17, 15) is 4.39 Å². The van der Waals surface area contributed by atoms with Crippen LogP contribution in [0.15, 0.2) is 39.4 Å². The fourth-order valence-corrected chi connectivity index (χ4v) is 1.95. The van der Waals surface area contributed by atoms with E-state index in [-0.39, 0.29) is 11.9 Å². The van der Waals surface area contributed by atoms with Crippen molar-refractivity contribution < 1.29 is 8.81 Å². The van der Waals surface area contributed by atoms with Crippen molar-refractivity contribution in [3.8, 4) is 0 Å². The molecule has 1 aromatic heterocycles. The number of rotatable bonds is 3. The zero-order valence-electron chi connectivity index (χ0n) is 9.63. The maximum Gasteiger partial charge on any atom is 0.169 e. The summed E-state index contributed by atoms with van der Waals surface area (Å²) in [4.78, 5) is 0. The fourth-order valence-electron chi connectivity index (χ4n) is 1.63. The molecule has 0 aliphatic heterocycles. The third kappa shape index (κ3) is 2.69. The predicted octanol–water partition coefficient (Wildman–Crippen LogP) is 4.66. The van der Waals surface area contributed by atoms with E-state index in [1.54, 1.807) is 13.0 Å². The molecule has 4 heteroatoms. The molecule has 90 valence electrons. The number of furan rings is 1. The second-order valence-electron chi connectivity index (χ2n) is 3.92. The van der Waals surface area contributed by atoms with Crippen molar-refractivity contribution in [3.63, 3.8) is 0 Å². The molecule has 1 atom stereocenters. The van der Waals surface area contributed by atoms with Crippen LogP contribution in [0.2, 0.25) is 0 Å². The second-order valence-corrected chi connectivity index (χ2v) is 4.70. The van der Waals surface area contributed by atoms with E-state index in [2.05, 4.69) is 21.2 Å². The lowest BCUT2D eigenvalue weighted by Crippen LogP contribution is -2.07. The molecule has 1 N–H and O–H groups in total. The van der Waals surface area contributed by atoms with Crippen LogP contribution in [0.3, 0.4) is 0 Å². The smallest absolute Gasteiger partial charge is 0.169 e. The Hall–Kier alpha value is -1.29. The van der Waals surface area contributed by atoms with Crippen molar-refractivity contribution in [2.75, 3.05) is 5.32 Å². The van der Waals surface area contributed by atoms with Gasteiger partial charge in [-0.1, -0.05) is 6.07 Å². The quantitative estimate of drug-likeness (QED) is 0.891. The topological polar surface area (TPSA) is 25.2 Å². The van der Waals surface area contributed by atoms with Crippen LogP contribution in [-0.2, 0) is 0 Å². The molecule has 0 spiro atoms. The Labute approximate surface area is 108 Å². The van der Waals surface area contributed by atoms with Gasteiger partial charge in [-0.3, -0.25) is 0 Å². The normalized spacial score (nSPS) is 12.5. The minimum absolute atomic E-state index is 0.0122. The standard InChI is InChI=1S/C13H13BrFNO/c1-8-10(15)4-3-5-11(8)16-9(2)12-6-7-13(14)17-12/h3-7,9,16H,1-2H3. The third-order valence-electron chi connectivity index (χ3n) is 2.66. The van der Waals surface area contributed by atoms with E-state index in [4.69, 9.17) is 4.42 Å². The van der Waals surface area contributed by atoms with Gasteiger partial charge >= 0.3 is 0 Å². The number of hydrogen-bond acceptors (Lipinski definition) is 2. The molecular formula is C13H13BrFNO. The monoisotopic (exact) mass is 297 g/mol. The first-order valence-electron chi connectivity index (χ1n) is 5.35. The van der Waals surface area contributed by atoms with E-state index in [1.807, 2.05) is 25.1 Å². The van der Waals surface area contributed by atoms with Gasteiger partial charge in [0.05, 0.1) is 6.04 Å². The molecule has 0 radical (unpaired) electrons. The number of hydrogen-bond donors (Lipinski definition) is 1. The Morgan fingerprint density at radius 3 is 2.71 bits per heavy atom. The molecule has 0 bridgehead atoms. The average molecular weight is 298 g/mol. The largest absolute Gasteiger partial charge is 0.452 e. The van der Waals surface area contributed by atoms with Gasteiger partial charge in [-0.15, -0.1) is 0 Å². The Kier molecular flexibility index (Phi) is 3.52. The predicted molar refractivity (Wildman–Crippen MR) is 69.6 cm³/mol. The van der Waals surface area contributed by atoms with E-state index in [0.29, 0.717) is 10.2 Å². The van der Waals surface area contributed by atoms with Crippen LogP contribution in [-0.4, -0.2) is 0 Å². The zero-order chi connectivity index (χ0) is 12.4. The van der Waals surface area contributed by atoms with E-state index < -0.39 is 0 Å². The number of benzene rings is 1. The Balaban J connectivity index is 2.18. The minimum Gasteiger partial charge on any atom is -0.452 e. The summed E-state index contributed by atoms with van der Waals surface area (Å²) in [7, 11) is 0. The Morgan fingerprint density at radius 1 is 1.29 bits per heavy atom. The van der Waals surface area contributed by atoms with Gasteiger partial charge in [0.1, 0.15) is 11.6 Å². The van der Waals surface area contributed by atoms with Crippen molar-refractivity contribution in [2.24, 2.45) is 0 Å². The molecule has 0 aliphatic carbocycles. The Bertz CT molecular complexity index is 524. The molecule has 0 saturated heterocycles. The molecule has 2 aromatic rings. The molecule has 17 heavy (non-hydrogen) atoms. The van der Waals surface area contributed by atoms with Crippen molar-refractivity contribution >= 4 is 21.6 Å². The van der Waals surface area contributed by atoms with Crippen LogP contribution < -0.4 is 5.32 Å². The van der Waals surface area contributed by atoms with Gasteiger partial charge in [0.2, 0.25) is 0 Å². The molecule has 2 nitrogen and oxygen atoms in total. The van der Waals surface area contributed by atoms with Crippen molar-refractivity contribution in [1.29, 1.82) is 0 Å². The lowest BCUT2D eigenvalue weighted by molar-refractivity contribution is 0.470. The highest BCUT2D eigenvalue weighted by molar-refractivity contribution is 9.10. The molecular weight excluding hydrogens is 285 g/mol. The van der Waals surface area contributed by atoms with Gasteiger partial charge < -0.3 is 9.73 Å². The highest BCUT2D eigenvalue weighted by Crippen LogP contribution is 2.26. The minimum atomic E-state index is -0.206.